The van der Waals surface area contributed by atoms with Gasteiger partial charge in [0.05, 0.1) is 5.75 Å². The zero-order valence-corrected chi connectivity index (χ0v) is 18.5. The largest absolute Gasteiger partial charge is 0.325 e. The number of hydrogen-bond acceptors (Lipinski definition) is 6. The maximum absolute atomic E-state index is 13.5. The standard InChI is InChI=1S/C22H16F3N5OS2/c23-15-1-5-17(6-2-15)30-20(14-9-11-26-12-10-14)28-29-22(30)32-13-19(31)27-16-3-7-18(8-4-16)33-21(24)25/h1-12,21H,13H2,(H,27,31). The number of thioether (sulfide) groups is 2. The molecule has 4 rings (SSSR count). The number of pyridine rings is 1. The molecule has 0 spiro atoms. The molecule has 2 aromatic heterocycles. The van der Waals surface area contributed by atoms with E-state index in [1.54, 1.807) is 53.4 Å². The number of aromatic nitrogens is 4. The van der Waals surface area contributed by atoms with Crippen LogP contribution in [0.1, 0.15) is 0 Å². The van der Waals surface area contributed by atoms with E-state index in [9.17, 15) is 18.0 Å². The van der Waals surface area contributed by atoms with Crippen LogP contribution < -0.4 is 5.32 Å². The van der Waals surface area contributed by atoms with Crippen molar-refractivity contribution in [2.24, 2.45) is 0 Å². The lowest BCUT2D eigenvalue weighted by molar-refractivity contribution is -0.113. The van der Waals surface area contributed by atoms with E-state index in [-0.39, 0.29) is 17.5 Å². The Morgan fingerprint density at radius 1 is 0.970 bits per heavy atom. The second-order valence-corrected chi connectivity index (χ2v) is 8.60. The first kappa shape index (κ1) is 22.9. The van der Waals surface area contributed by atoms with Gasteiger partial charge >= 0.3 is 0 Å². The number of amides is 1. The average Bonchev–Trinajstić information content (AvgIpc) is 3.24. The Hall–Kier alpha value is -3.31. The number of rotatable bonds is 8. The van der Waals surface area contributed by atoms with Crippen LogP contribution in [0.3, 0.4) is 0 Å². The summed E-state index contributed by atoms with van der Waals surface area (Å²) in [4.78, 5) is 16.9. The first-order chi connectivity index (χ1) is 16.0. The van der Waals surface area contributed by atoms with Gasteiger partial charge in [0.1, 0.15) is 5.82 Å². The second-order valence-electron chi connectivity index (χ2n) is 6.59. The van der Waals surface area contributed by atoms with Gasteiger partial charge in [0, 0.05) is 34.2 Å². The second kappa shape index (κ2) is 10.5. The van der Waals surface area contributed by atoms with Gasteiger partial charge in [-0.25, -0.2) is 4.39 Å². The molecule has 1 amide bonds. The highest BCUT2D eigenvalue weighted by Gasteiger charge is 2.17. The third-order valence-electron chi connectivity index (χ3n) is 4.35. The molecule has 2 aromatic carbocycles. The number of carbonyl (C=O) groups is 1. The van der Waals surface area contributed by atoms with Gasteiger partial charge in [0.25, 0.3) is 5.76 Å². The zero-order valence-electron chi connectivity index (χ0n) is 16.9. The van der Waals surface area contributed by atoms with E-state index >= 15 is 0 Å². The summed E-state index contributed by atoms with van der Waals surface area (Å²) in [5, 5.41) is 11.7. The first-order valence-electron chi connectivity index (χ1n) is 9.59. The van der Waals surface area contributed by atoms with Crippen molar-refractivity contribution in [3.63, 3.8) is 0 Å². The molecule has 0 saturated heterocycles. The predicted molar refractivity (Wildman–Crippen MR) is 122 cm³/mol. The van der Waals surface area contributed by atoms with Gasteiger partial charge in [-0.2, -0.15) is 8.78 Å². The number of alkyl halides is 2. The number of carbonyl (C=O) groups excluding carboxylic acids is 1. The minimum absolute atomic E-state index is 0.0310. The van der Waals surface area contributed by atoms with Crippen LogP contribution in [0.2, 0.25) is 0 Å². The molecule has 33 heavy (non-hydrogen) atoms. The van der Waals surface area contributed by atoms with Gasteiger partial charge in [0.2, 0.25) is 5.91 Å². The monoisotopic (exact) mass is 487 g/mol. The van der Waals surface area contributed by atoms with Gasteiger partial charge < -0.3 is 5.32 Å². The van der Waals surface area contributed by atoms with Gasteiger partial charge in [-0.3, -0.25) is 14.3 Å². The molecular formula is C22H16F3N5OS2. The maximum atomic E-state index is 13.5. The number of anilines is 1. The summed E-state index contributed by atoms with van der Waals surface area (Å²) < 4.78 is 40.1. The topological polar surface area (TPSA) is 72.7 Å². The van der Waals surface area contributed by atoms with E-state index in [0.717, 1.165) is 5.56 Å². The predicted octanol–water partition coefficient (Wildman–Crippen LogP) is 5.51. The number of benzene rings is 2. The molecule has 0 fully saturated rings. The summed E-state index contributed by atoms with van der Waals surface area (Å²) in [6.07, 6.45) is 3.26. The van der Waals surface area contributed by atoms with E-state index in [2.05, 4.69) is 20.5 Å². The van der Waals surface area contributed by atoms with E-state index in [1.807, 2.05) is 0 Å². The smallest absolute Gasteiger partial charge is 0.288 e. The Morgan fingerprint density at radius 3 is 2.33 bits per heavy atom. The normalized spacial score (nSPS) is 11.0. The van der Waals surface area contributed by atoms with E-state index in [4.69, 9.17) is 0 Å². The van der Waals surface area contributed by atoms with Crippen molar-refractivity contribution in [3.8, 4) is 17.1 Å². The molecule has 6 nitrogen and oxygen atoms in total. The number of nitrogens with zero attached hydrogens (tertiary/aromatic N) is 4. The lowest BCUT2D eigenvalue weighted by Gasteiger charge is -2.10. The fraction of sp³-hybridized carbons (Fsp3) is 0.0909. The minimum Gasteiger partial charge on any atom is -0.325 e. The molecule has 2 heterocycles. The zero-order chi connectivity index (χ0) is 23.2. The molecule has 0 aliphatic heterocycles. The van der Waals surface area contributed by atoms with Gasteiger partial charge in [-0.1, -0.05) is 23.5 Å². The average molecular weight is 488 g/mol. The molecule has 0 bridgehead atoms. The highest BCUT2D eigenvalue weighted by molar-refractivity contribution is 8.00. The summed E-state index contributed by atoms with van der Waals surface area (Å²) >= 11 is 1.60. The van der Waals surface area contributed by atoms with E-state index in [1.165, 1.54) is 36.0 Å². The number of halogens is 3. The van der Waals surface area contributed by atoms with Crippen LogP contribution >= 0.6 is 23.5 Å². The third-order valence-corrected chi connectivity index (χ3v) is 6.00. The van der Waals surface area contributed by atoms with Gasteiger partial charge in [-0.05, 0) is 60.7 Å². The first-order valence-corrected chi connectivity index (χ1v) is 11.5. The summed E-state index contributed by atoms with van der Waals surface area (Å²) in [6, 6.07) is 15.6. The summed E-state index contributed by atoms with van der Waals surface area (Å²) in [6.45, 7) is 0. The summed E-state index contributed by atoms with van der Waals surface area (Å²) in [5.74, 6) is -2.61. The molecule has 0 atom stereocenters. The highest BCUT2D eigenvalue weighted by Crippen LogP contribution is 2.29. The fourth-order valence-electron chi connectivity index (χ4n) is 2.92. The lowest BCUT2D eigenvalue weighted by Crippen LogP contribution is -2.14. The lowest BCUT2D eigenvalue weighted by atomic mass is 10.2. The van der Waals surface area contributed by atoms with Crippen LogP contribution in [-0.4, -0.2) is 37.2 Å². The van der Waals surface area contributed by atoms with Gasteiger partial charge in [0.15, 0.2) is 11.0 Å². The van der Waals surface area contributed by atoms with Crippen molar-refractivity contribution < 1.29 is 18.0 Å². The Kier molecular flexibility index (Phi) is 7.30. The third kappa shape index (κ3) is 5.93. The molecular weight excluding hydrogens is 471 g/mol. The van der Waals surface area contributed by atoms with Crippen LogP contribution in [0.25, 0.3) is 17.1 Å². The molecule has 0 radical (unpaired) electrons. The van der Waals surface area contributed by atoms with Crippen LogP contribution in [-0.2, 0) is 4.79 Å². The molecule has 0 aliphatic rings. The van der Waals surface area contributed by atoms with Crippen molar-refractivity contribution in [2.75, 3.05) is 11.1 Å². The molecule has 11 heteroatoms. The highest BCUT2D eigenvalue weighted by atomic mass is 32.2. The summed E-state index contributed by atoms with van der Waals surface area (Å²) in [5.41, 5.74) is 1.90. The summed E-state index contributed by atoms with van der Waals surface area (Å²) in [7, 11) is 0. The van der Waals surface area contributed by atoms with Crippen LogP contribution in [0, 0.1) is 5.82 Å². The van der Waals surface area contributed by atoms with Crippen molar-refractivity contribution in [1.82, 2.24) is 19.7 Å². The van der Waals surface area contributed by atoms with Crippen LogP contribution in [0.4, 0.5) is 18.9 Å². The fourth-order valence-corrected chi connectivity index (χ4v) is 4.17. The minimum atomic E-state index is -2.50. The Balaban J connectivity index is 1.50. The number of nitrogens with one attached hydrogen (secondary N) is 1. The van der Waals surface area contributed by atoms with Crippen molar-refractivity contribution >= 4 is 35.1 Å². The maximum Gasteiger partial charge on any atom is 0.288 e. The Labute approximate surface area is 195 Å². The quantitative estimate of drug-likeness (QED) is 0.330. The molecule has 0 unspecified atom stereocenters. The Bertz CT molecular complexity index is 1220. The van der Waals surface area contributed by atoms with Crippen molar-refractivity contribution in [3.05, 3.63) is 78.9 Å². The SMILES string of the molecule is O=C(CSc1nnc(-c2ccncc2)n1-c1ccc(F)cc1)Nc1ccc(SC(F)F)cc1. The molecule has 168 valence electrons. The molecule has 1 N–H and O–H groups in total. The van der Waals surface area contributed by atoms with Gasteiger partial charge in [-0.15, -0.1) is 10.2 Å². The number of hydrogen-bond donors (Lipinski definition) is 1. The van der Waals surface area contributed by atoms with E-state index in [0.29, 0.717) is 39.0 Å². The molecule has 0 saturated carbocycles. The Morgan fingerprint density at radius 2 is 1.67 bits per heavy atom. The van der Waals surface area contributed by atoms with Crippen LogP contribution in [0.5, 0.6) is 0 Å². The van der Waals surface area contributed by atoms with E-state index < -0.39 is 5.76 Å². The van der Waals surface area contributed by atoms with Crippen molar-refractivity contribution in [1.29, 1.82) is 0 Å². The molecule has 0 aliphatic carbocycles. The van der Waals surface area contributed by atoms with Crippen LogP contribution in [0.15, 0.2) is 83.1 Å². The molecule has 4 aromatic rings. The van der Waals surface area contributed by atoms with Crippen molar-refractivity contribution in [2.45, 2.75) is 15.8 Å².